The number of benzene rings is 3. The lowest BCUT2D eigenvalue weighted by Crippen LogP contribution is -2.47. The van der Waals surface area contributed by atoms with Crippen LogP contribution in [0.15, 0.2) is 60.7 Å². The lowest BCUT2D eigenvalue weighted by Gasteiger charge is -2.41. The van der Waals surface area contributed by atoms with Gasteiger partial charge in [0, 0.05) is 67.1 Å². The minimum atomic E-state index is -4.43. The van der Waals surface area contributed by atoms with Crippen LogP contribution >= 0.6 is 0 Å². The summed E-state index contributed by atoms with van der Waals surface area (Å²) in [5, 5.41) is 20.9. The Morgan fingerprint density at radius 1 is 0.843 bits per heavy atom. The number of hydrogen-bond donors (Lipinski definition) is 3. The van der Waals surface area contributed by atoms with Gasteiger partial charge in [-0.2, -0.15) is 16.8 Å². The number of nitrogens with zero attached hydrogens (tertiary/aromatic N) is 2. The molecule has 270 valence electrons. The summed E-state index contributed by atoms with van der Waals surface area (Å²) in [6, 6.07) is 13.3. The zero-order valence-corrected chi connectivity index (χ0v) is 30.6. The fraction of sp³-hybridized carbons (Fsp3) is 0.306. The molecule has 13 nitrogen and oxygen atoms in total. The van der Waals surface area contributed by atoms with Gasteiger partial charge in [0.2, 0.25) is 5.36 Å². The zero-order chi connectivity index (χ0) is 38.0. The van der Waals surface area contributed by atoms with Crippen molar-refractivity contribution in [1.82, 2.24) is 4.58 Å². The molecule has 0 saturated heterocycles. The molecule has 0 aromatic heterocycles. The second-order valence-electron chi connectivity index (χ2n) is 13.8. The number of carboxylic acids is 2. The monoisotopic (exact) mass is 738 g/mol. The van der Waals surface area contributed by atoms with E-state index in [2.05, 4.69) is 0 Å². The van der Waals surface area contributed by atoms with Gasteiger partial charge in [-0.05, 0) is 48.8 Å². The Kier molecular flexibility index (Phi) is 9.35. The van der Waals surface area contributed by atoms with E-state index >= 15 is 0 Å². The standard InChI is InChI=1S/C34H34N2O9S2.C2H4O2/c1-33(2)15-19(17-46(39,40)41)23-11-25-29(13-27(23)35(33)5)45-30-14-28-24(20(18-47(42,43)44)16-34(3,4)36(28)6)12-26(30)31(25)21-9-7-8-10-22(21)32(37)38;1-2(3)4/h7-16H,17-18H2,1-6H3,(H2-,37,38,39,40,41,42,43,44);1H3,(H,3,4). The highest BCUT2D eigenvalue weighted by Gasteiger charge is 2.37. The number of rotatable bonds is 6. The normalized spacial score (nSPS) is 16.9. The average molecular weight is 739 g/mol. The maximum atomic E-state index is 12.4. The summed E-state index contributed by atoms with van der Waals surface area (Å²) in [4.78, 5) is 23.4. The van der Waals surface area contributed by atoms with Gasteiger partial charge >= 0.3 is 0 Å². The molecule has 0 spiro atoms. The molecule has 3 aromatic rings. The van der Waals surface area contributed by atoms with Crippen molar-refractivity contribution in [3.8, 4) is 11.5 Å². The predicted octanol–water partition coefficient (Wildman–Crippen LogP) is 2.18. The third kappa shape index (κ3) is 7.47. The first-order valence-electron chi connectivity index (χ1n) is 15.6. The number of carbonyl (C=O) groups excluding carboxylic acids is 1. The van der Waals surface area contributed by atoms with E-state index in [0.717, 1.165) is 6.92 Å². The predicted molar refractivity (Wildman–Crippen MR) is 190 cm³/mol. The number of aliphatic carboxylic acids is 1. The van der Waals surface area contributed by atoms with Crippen LogP contribution in [0, 0.1) is 0 Å². The number of likely N-dealkylation sites (N-methyl/N-ethyl adjacent to an activating group) is 2. The molecule has 0 saturated carbocycles. The van der Waals surface area contributed by atoms with Crippen molar-refractivity contribution in [1.29, 1.82) is 0 Å². The quantitative estimate of drug-likeness (QED) is 0.193. The third-order valence-corrected chi connectivity index (χ3v) is 10.6. The fourth-order valence-electron chi connectivity index (χ4n) is 6.65. The SMILES string of the molecule is CC(=O)O.CN1c2cc3c(cc2C(CS(=O)(=O)O)=CC1(C)C)C(c1ccccc1C(=O)[O-])=c1cc2c(cc1O3)=[N+](C)C(C)(C)C=C2CS(=O)(=O)O. The van der Waals surface area contributed by atoms with Crippen molar-refractivity contribution in [2.75, 3.05) is 30.5 Å². The highest BCUT2D eigenvalue weighted by molar-refractivity contribution is 7.86. The second-order valence-corrected chi connectivity index (χ2v) is 16.7. The molecule has 0 aliphatic carbocycles. The first-order valence-corrected chi connectivity index (χ1v) is 18.9. The molecule has 3 aliphatic heterocycles. The van der Waals surface area contributed by atoms with Crippen molar-refractivity contribution < 1.29 is 50.5 Å². The zero-order valence-electron chi connectivity index (χ0n) is 29.0. The van der Waals surface area contributed by atoms with E-state index in [4.69, 9.17) is 14.6 Å². The lowest BCUT2D eigenvalue weighted by atomic mass is 9.83. The molecule has 3 N–H and O–H groups in total. The van der Waals surface area contributed by atoms with Gasteiger partial charge in [-0.25, -0.2) is 4.58 Å². The van der Waals surface area contributed by atoms with Crippen LogP contribution in [0.25, 0.3) is 16.7 Å². The number of hydrogen-bond acceptors (Lipinski definition) is 9. The molecular formula is C36H38N2O11S2. The van der Waals surface area contributed by atoms with E-state index in [-0.39, 0.29) is 5.56 Å². The Hall–Kier alpha value is -4.83. The molecule has 3 aromatic carbocycles. The largest absolute Gasteiger partial charge is 0.545 e. The molecule has 3 heterocycles. The summed E-state index contributed by atoms with van der Waals surface area (Å²) in [6.07, 6.45) is 3.53. The lowest BCUT2D eigenvalue weighted by molar-refractivity contribution is -0.255. The number of ether oxygens (including phenoxy) is 1. The maximum absolute atomic E-state index is 12.4. The maximum Gasteiger partial charge on any atom is 0.300 e. The first kappa shape index (κ1) is 37.4. The highest BCUT2D eigenvalue weighted by Crippen LogP contribution is 2.46. The first-order chi connectivity index (χ1) is 23.4. The summed E-state index contributed by atoms with van der Waals surface area (Å²) >= 11 is 0. The van der Waals surface area contributed by atoms with E-state index < -0.39 is 54.8 Å². The Balaban J connectivity index is 0.00000120. The van der Waals surface area contributed by atoms with Gasteiger partial charge in [0.25, 0.3) is 26.2 Å². The summed E-state index contributed by atoms with van der Waals surface area (Å²) < 4.78 is 76.7. The van der Waals surface area contributed by atoms with Crippen LogP contribution in [-0.4, -0.2) is 79.7 Å². The van der Waals surface area contributed by atoms with E-state index in [1.807, 2.05) is 51.3 Å². The van der Waals surface area contributed by atoms with Gasteiger partial charge in [-0.1, -0.05) is 30.3 Å². The van der Waals surface area contributed by atoms with E-state index in [1.165, 1.54) is 6.07 Å². The van der Waals surface area contributed by atoms with Crippen LogP contribution in [0.4, 0.5) is 5.69 Å². The number of carbonyl (C=O) groups is 2. The Morgan fingerprint density at radius 2 is 1.41 bits per heavy atom. The Morgan fingerprint density at radius 3 is 1.98 bits per heavy atom. The molecule has 15 heteroatoms. The van der Waals surface area contributed by atoms with E-state index in [9.17, 15) is 35.8 Å². The third-order valence-electron chi connectivity index (χ3n) is 9.24. The summed E-state index contributed by atoms with van der Waals surface area (Å²) in [5.74, 6) is -2.78. The molecule has 0 fully saturated rings. The number of anilines is 1. The average Bonchev–Trinajstić information content (AvgIpc) is 2.98. The summed E-state index contributed by atoms with van der Waals surface area (Å²) in [6.45, 7) is 8.71. The van der Waals surface area contributed by atoms with Crippen LogP contribution < -0.4 is 29.9 Å². The van der Waals surface area contributed by atoms with Crippen LogP contribution in [-0.2, 0) is 25.0 Å². The number of aromatic carboxylic acids is 1. The molecule has 0 unspecified atom stereocenters. The molecule has 0 atom stereocenters. The van der Waals surface area contributed by atoms with E-state index in [1.54, 1.807) is 54.6 Å². The highest BCUT2D eigenvalue weighted by atomic mass is 32.2. The van der Waals surface area contributed by atoms with Gasteiger partial charge in [-0.15, -0.1) is 0 Å². The summed E-state index contributed by atoms with van der Waals surface area (Å²) in [5.41, 5.74) is 2.18. The van der Waals surface area contributed by atoms with Crippen LogP contribution in [0.1, 0.15) is 67.2 Å². The molecular weight excluding hydrogens is 701 g/mol. The van der Waals surface area contributed by atoms with Crippen LogP contribution in [0.3, 0.4) is 0 Å². The molecule has 51 heavy (non-hydrogen) atoms. The van der Waals surface area contributed by atoms with Crippen molar-refractivity contribution >= 4 is 54.6 Å². The molecule has 6 rings (SSSR count). The second kappa shape index (κ2) is 12.7. The molecule has 0 bridgehead atoms. The topological polar surface area (TPSA) is 202 Å². The smallest absolute Gasteiger partial charge is 0.300 e. The van der Waals surface area contributed by atoms with Crippen molar-refractivity contribution in [3.63, 3.8) is 0 Å². The Bertz CT molecular complexity index is 2440. The number of carboxylic acid groups (broad SMARTS) is 2. The van der Waals surface area contributed by atoms with Gasteiger partial charge < -0.3 is 24.6 Å². The minimum Gasteiger partial charge on any atom is -0.545 e. The Labute approximate surface area is 295 Å². The molecule has 0 amide bonds. The fourth-order valence-corrected chi connectivity index (χ4v) is 7.92. The number of fused-ring (bicyclic) bond motifs is 4. The van der Waals surface area contributed by atoms with Crippen molar-refractivity contribution in [2.24, 2.45) is 0 Å². The molecule has 3 aliphatic rings. The van der Waals surface area contributed by atoms with Crippen LogP contribution in [0.2, 0.25) is 0 Å². The van der Waals surface area contributed by atoms with Gasteiger partial charge in [0.15, 0.2) is 5.54 Å². The van der Waals surface area contributed by atoms with Crippen molar-refractivity contribution in [3.05, 3.63) is 99.1 Å². The van der Waals surface area contributed by atoms with Crippen LogP contribution in [0.5, 0.6) is 11.5 Å². The van der Waals surface area contributed by atoms with E-state index in [0.29, 0.717) is 66.7 Å². The van der Waals surface area contributed by atoms with Gasteiger partial charge in [0.1, 0.15) is 30.1 Å². The molecule has 0 radical (unpaired) electrons. The summed E-state index contributed by atoms with van der Waals surface area (Å²) in [7, 11) is -5.14. The minimum absolute atomic E-state index is 0.101. The van der Waals surface area contributed by atoms with Crippen molar-refractivity contribution in [2.45, 2.75) is 45.7 Å². The van der Waals surface area contributed by atoms with Gasteiger partial charge in [-0.3, -0.25) is 13.9 Å². The van der Waals surface area contributed by atoms with Gasteiger partial charge in [0.05, 0.1) is 23.1 Å².